The van der Waals surface area contributed by atoms with E-state index in [0.29, 0.717) is 12.8 Å². The topological polar surface area (TPSA) is 60.2 Å². The fourth-order valence-corrected chi connectivity index (χ4v) is 2.91. The molecule has 3 rings (SSSR count). The first kappa shape index (κ1) is 18.6. The number of amides is 1. The lowest BCUT2D eigenvalue weighted by atomic mass is 10.1. The van der Waals surface area contributed by atoms with Crippen LogP contribution < -0.4 is 4.74 Å². The fraction of sp³-hybridized carbons (Fsp3) is 0.286. The number of benzene rings is 2. The SMILES string of the molecule is COc1ccc(CCC(=O)N(C)[C@H](C)c2ccc(-n3cncn3)cc2)cc1. The number of aromatic nitrogens is 3. The van der Waals surface area contributed by atoms with E-state index in [2.05, 4.69) is 10.1 Å². The summed E-state index contributed by atoms with van der Waals surface area (Å²) in [5.74, 6) is 0.948. The van der Waals surface area contributed by atoms with Crippen molar-refractivity contribution in [1.29, 1.82) is 0 Å². The Labute approximate surface area is 159 Å². The van der Waals surface area contributed by atoms with Crippen LogP contribution in [0.15, 0.2) is 61.2 Å². The van der Waals surface area contributed by atoms with Crippen molar-refractivity contribution in [3.8, 4) is 11.4 Å². The molecule has 0 N–H and O–H groups in total. The first-order valence-corrected chi connectivity index (χ1v) is 8.92. The maximum absolute atomic E-state index is 12.6. The predicted molar refractivity (Wildman–Crippen MR) is 104 cm³/mol. The second-order valence-electron chi connectivity index (χ2n) is 6.46. The van der Waals surface area contributed by atoms with Gasteiger partial charge in [0.15, 0.2) is 0 Å². The normalized spacial score (nSPS) is 11.8. The fourth-order valence-electron chi connectivity index (χ4n) is 2.91. The third-order valence-electron chi connectivity index (χ3n) is 4.82. The summed E-state index contributed by atoms with van der Waals surface area (Å²) in [4.78, 5) is 18.3. The summed E-state index contributed by atoms with van der Waals surface area (Å²) in [7, 11) is 3.50. The highest BCUT2D eigenvalue weighted by atomic mass is 16.5. The first-order chi connectivity index (χ1) is 13.1. The standard InChI is InChI=1S/C21H24N4O2/c1-16(18-7-9-19(10-8-18)25-15-22-14-23-25)24(2)21(26)13-6-17-4-11-20(27-3)12-5-17/h4-5,7-12,14-16H,6,13H2,1-3H3/t16-/m1/s1. The number of rotatable bonds is 7. The number of carbonyl (C=O) groups excluding carboxylic acids is 1. The van der Waals surface area contributed by atoms with Crippen molar-refractivity contribution in [1.82, 2.24) is 19.7 Å². The molecule has 0 saturated carbocycles. The molecule has 3 aromatic rings. The van der Waals surface area contributed by atoms with E-state index in [0.717, 1.165) is 22.6 Å². The summed E-state index contributed by atoms with van der Waals surface area (Å²) in [5.41, 5.74) is 3.15. The average molecular weight is 364 g/mol. The minimum absolute atomic E-state index is 0.00170. The molecule has 0 fully saturated rings. The molecular formula is C21H24N4O2. The minimum atomic E-state index is -0.00170. The third-order valence-corrected chi connectivity index (χ3v) is 4.82. The quantitative estimate of drug-likeness (QED) is 0.644. The molecule has 27 heavy (non-hydrogen) atoms. The summed E-state index contributed by atoms with van der Waals surface area (Å²) in [6.07, 6.45) is 4.36. The van der Waals surface area contributed by atoms with Gasteiger partial charge in [0.1, 0.15) is 18.4 Å². The van der Waals surface area contributed by atoms with Crippen LogP contribution in [0.1, 0.15) is 30.5 Å². The number of ether oxygens (including phenoxy) is 1. The van der Waals surface area contributed by atoms with Crippen LogP contribution in [0.25, 0.3) is 5.69 Å². The summed E-state index contributed by atoms with van der Waals surface area (Å²) in [6.45, 7) is 2.04. The summed E-state index contributed by atoms with van der Waals surface area (Å²) in [5, 5.41) is 4.12. The van der Waals surface area contributed by atoms with Gasteiger partial charge in [-0.2, -0.15) is 5.10 Å². The van der Waals surface area contributed by atoms with Gasteiger partial charge in [-0.15, -0.1) is 0 Å². The summed E-state index contributed by atoms with van der Waals surface area (Å²) >= 11 is 0. The highest BCUT2D eigenvalue weighted by Gasteiger charge is 2.17. The van der Waals surface area contributed by atoms with Crippen molar-refractivity contribution in [2.75, 3.05) is 14.2 Å². The molecule has 1 heterocycles. The van der Waals surface area contributed by atoms with Gasteiger partial charge in [-0.3, -0.25) is 4.79 Å². The smallest absolute Gasteiger partial charge is 0.223 e. The molecule has 1 amide bonds. The molecule has 1 atom stereocenters. The Morgan fingerprint density at radius 2 is 1.85 bits per heavy atom. The lowest BCUT2D eigenvalue weighted by Crippen LogP contribution is -2.29. The van der Waals surface area contributed by atoms with E-state index >= 15 is 0 Å². The van der Waals surface area contributed by atoms with Crippen LogP contribution in [-0.2, 0) is 11.2 Å². The van der Waals surface area contributed by atoms with Crippen LogP contribution in [0.3, 0.4) is 0 Å². The van der Waals surface area contributed by atoms with Crippen LogP contribution in [-0.4, -0.2) is 39.7 Å². The number of hydrogen-bond donors (Lipinski definition) is 0. The number of nitrogens with zero attached hydrogens (tertiary/aromatic N) is 4. The monoisotopic (exact) mass is 364 g/mol. The molecule has 0 radical (unpaired) electrons. The average Bonchev–Trinajstić information content (AvgIpc) is 3.26. The zero-order chi connectivity index (χ0) is 19.2. The Balaban J connectivity index is 1.58. The Bertz CT molecular complexity index is 858. The van der Waals surface area contributed by atoms with Gasteiger partial charge < -0.3 is 9.64 Å². The Morgan fingerprint density at radius 1 is 1.15 bits per heavy atom. The predicted octanol–water partition coefficient (Wildman–Crippen LogP) is 3.43. The molecule has 0 aliphatic heterocycles. The summed E-state index contributed by atoms with van der Waals surface area (Å²) in [6, 6.07) is 15.8. The van der Waals surface area contributed by atoms with Gasteiger partial charge in [-0.1, -0.05) is 24.3 Å². The van der Waals surface area contributed by atoms with Crippen molar-refractivity contribution in [2.45, 2.75) is 25.8 Å². The van der Waals surface area contributed by atoms with E-state index in [1.165, 1.54) is 6.33 Å². The van der Waals surface area contributed by atoms with Crippen molar-refractivity contribution in [3.63, 3.8) is 0 Å². The molecule has 1 aromatic heterocycles. The lowest BCUT2D eigenvalue weighted by Gasteiger charge is -2.25. The second-order valence-corrected chi connectivity index (χ2v) is 6.46. The van der Waals surface area contributed by atoms with E-state index < -0.39 is 0 Å². The molecule has 0 bridgehead atoms. The highest BCUT2D eigenvalue weighted by Crippen LogP contribution is 2.21. The minimum Gasteiger partial charge on any atom is -0.497 e. The van der Waals surface area contributed by atoms with E-state index in [-0.39, 0.29) is 11.9 Å². The Hall–Kier alpha value is -3.15. The maximum atomic E-state index is 12.6. The molecule has 0 unspecified atom stereocenters. The highest BCUT2D eigenvalue weighted by molar-refractivity contribution is 5.76. The molecule has 6 heteroatoms. The second kappa shape index (κ2) is 8.49. The van der Waals surface area contributed by atoms with Gasteiger partial charge in [0, 0.05) is 13.5 Å². The number of hydrogen-bond acceptors (Lipinski definition) is 4. The van der Waals surface area contributed by atoms with Gasteiger partial charge in [-0.05, 0) is 48.7 Å². The maximum Gasteiger partial charge on any atom is 0.223 e. The van der Waals surface area contributed by atoms with E-state index in [1.807, 2.05) is 62.5 Å². The Morgan fingerprint density at radius 3 is 2.44 bits per heavy atom. The van der Waals surface area contributed by atoms with Crippen LogP contribution in [0.5, 0.6) is 5.75 Å². The van der Waals surface area contributed by atoms with Crippen molar-refractivity contribution >= 4 is 5.91 Å². The van der Waals surface area contributed by atoms with Crippen molar-refractivity contribution < 1.29 is 9.53 Å². The van der Waals surface area contributed by atoms with Gasteiger partial charge >= 0.3 is 0 Å². The molecule has 0 spiro atoms. The molecule has 140 valence electrons. The van der Waals surface area contributed by atoms with E-state index in [1.54, 1.807) is 23.0 Å². The Kier molecular flexibility index (Phi) is 5.86. The zero-order valence-electron chi connectivity index (χ0n) is 15.9. The molecule has 0 saturated heterocycles. The number of carbonyl (C=O) groups is 1. The number of methoxy groups -OCH3 is 1. The number of aryl methyl sites for hydroxylation is 1. The molecular weight excluding hydrogens is 340 g/mol. The van der Waals surface area contributed by atoms with Gasteiger partial charge in [0.2, 0.25) is 5.91 Å². The van der Waals surface area contributed by atoms with Crippen molar-refractivity contribution in [2.24, 2.45) is 0 Å². The van der Waals surface area contributed by atoms with Crippen LogP contribution in [0.4, 0.5) is 0 Å². The van der Waals surface area contributed by atoms with Gasteiger partial charge in [-0.25, -0.2) is 9.67 Å². The molecule has 0 aliphatic rings. The van der Waals surface area contributed by atoms with Crippen molar-refractivity contribution in [3.05, 3.63) is 72.3 Å². The van der Waals surface area contributed by atoms with Crippen LogP contribution in [0.2, 0.25) is 0 Å². The van der Waals surface area contributed by atoms with E-state index in [4.69, 9.17) is 4.74 Å². The molecule has 0 aliphatic carbocycles. The lowest BCUT2D eigenvalue weighted by molar-refractivity contribution is -0.131. The van der Waals surface area contributed by atoms with Gasteiger partial charge in [0.05, 0.1) is 18.8 Å². The van der Waals surface area contributed by atoms with Gasteiger partial charge in [0.25, 0.3) is 0 Å². The first-order valence-electron chi connectivity index (χ1n) is 8.92. The zero-order valence-corrected chi connectivity index (χ0v) is 15.9. The summed E-state index contributed by atoms with van der Waals surface area (Å²) < 4.78 is 6.87. The van der Waals surface area contributed by atoms with Crippen LogP contribution >= 0.6 is 0 Å². The van der Waals surface area contributed by atoms with Crippen LogP contribution in [0, 0.1) is 0 Å². The van der Waals surface area contributed by atoms with E-state index in [9.17, 15) is 4.79 Å². The third kappa shape index (κ3) is 4.53. The molecule has 6 nitrogen and oxygen atoms in total. The molecule has 2 aromatic carbocycles. The largest absolute Gasteiger partial charge is 0.497 e.